The largest absolute Gasteiger partial charge is 0.497 e. The summed E-state index contributed by atoms with van der Waals surface area (Å²) in [5, 5.41) is 0. The maximum Gasteiger partial charge on any atom is 0.174 e. The third-order valence-electron chi connectivity index (χ3n) is 3.04. The normalized spacial score (nSPS) is 10.2. The van der Waals surface area contributed by atoms with E-state index in [0.717, 1.165) is 21.3 Å². The summed E-state index contributed by atoms with van der Waals surface area (Å²) < 4.78 is 16.6. The minimum absolute atomic E-state index is 0. The van der Waals surface area contributed by atoms with Crippen molar-refractivity contribution in [1.82, 2.24) is 0 Å². The molecule has 0 aliphatic rings. The molecule has 112 valence electrons. The molecule has 2 aromatic carbocycles. The van der Waals surface area contributed by atoms with Crippen molar-refractivity contribution < 1.29 is 14.2 Å². The molecule has 0 aliphatic heterocycles. The van der Waals surface area contributed by atoms with Gasteiger partial charge < -0.3 is 14.2 Å². The predicted molar refractivity (Wildman–Crippen MR) is 94.9 cm³/mol. The molecule has 0 saturated heterocycles. The second kappa shape index (κ2) is 9.46. The van der Waals surface area contributed by atoms with Crippen LogP contribution >= 0.6 is 15.9 Å². The van der Waals surface area contributed by atoms with Gasteiger partial charge in [0.15, 0.2) is 11.5 Å². The van der Waals surface area contributed by atoms with Crippen LogP contribution in [0.5, 0.6) is 17.2 Å². The third kappa shape index (κ3) is 4.92. The molecule has 0 aliphatic carbocycles. The molecule has 22 heavy (non-hydrogen) atoms. The van der Waals surface area contributed by atoms with Crippen LogP contribution in [0, 0.1) is 0 Å². The summed E-state index contributed by atoms with van der Waals surface area (Å²) in [7, 11) is 4.91. The van der Waals surface area contributed by atoms with E-state index < -0.39 is 0 Å². The molecule has 0 bridgehead atoms. The minimum atomic E-state index is 0. The van der Waals surface area contributed by atoms with Crippen molar-refractivity contribution in [2.75, 3.05) is 21.3 Å². The predicted octanol–water partition coefficient (Wildman–Crippen LogP) is 4.26. The molecule has 0 fully saturated rings. The van der Waals surface area contributed by atoms with Gasteiger partial charge in [-0.2, -0.15) is 0 Å². The van der Waals surface area contributed by atoms with Gasteiger partial charge in [0.1, 0.15) is 5.75 Å². The van der Waals surface area contributed by atoms with E-state index in [0.29, 0.717) is 11.5 Å². The van der Waals surface area contributed by atoms with E-state index in [4.69, 9.17) is 14.2 Å². The van der Waals surface area contributed by atoms with E-state index in [1.165, 1.54) is 0 Å². The van der Waals surface area contributed by atoms with Crippen molar-refractivity contribution in [2.45, 2.75) is 0 Å². The number of benzene rings is 2. The van der Waals surface area contributed by atoms with Crippen LogP contribution in [0.1, 0.15) is 11.1 Å². The van der Waals surface area contributed by atoms with Gasteiger partial charge in [-0.3, -0.25) is 0 Å². The van der Waals surface area contributed by atoms with Crippen LogP contribution in [0.3, 0.4) is 0 Å². The number of hydrogen-bond donors (Lipinski definition) is 0. The third-order valence-corrected chi connectivity index (χ3v) is 3.63. The molecular weight excluding hydrogens is 372 g/mol. The van der Waals surface area contributed by atoms with Crippen LogP contribution in [0.25, 0.3) is 12.2 Å². The summed E-state index contributed by atoms with van der Waals surface area (Å²) in [6.45, 7) is 0. The SMILES string of the molecule is COc1ccc(/C=C\c2cc(Br)c(OC)c(OC)c2)cc1.[Ca]. The summed E-state index contributed by atoms with van der Waals surface area (Å²) in [6.07, 6.45) is 4.06. The Labute approximate surface area is 169 Å². The smallest absolute Gasteiger partial charge is 0.174 e. The van der Waals surface area contributed by atoms with Crippen molar-refractivity contribution in [3.05, 3.63) is 52.0 Å². The summed E-state index contributed by atoms with van der Waals surface area (Å²) in [5.41, 5.74) is 2.12. The Morgan fingerprint density at radius 2 is 1.45 bits per heavy atom. The molecule has 0 spiro atoms. The van der Waals surface area contributed by atoms with Gasteiger partial charge in [0.25, 0.3) is 0 Å². The Kier molecular flexibility index (Phi) is 8.32. The Bertz CT molecular complexity index is 639. The van der Waals surface area contributed by atoms with Gasteiger partial charge in [0.2, 0.25) is 0 Å². The molecule has 0 atom stereocenters. The quantitative estimate of drug-likeness (QED) is 0.565. The first kappa shape index (κ1) is 19.4. The zero-order valence-electron chi connectivity index (χ0n) is 12.9. The second-order valence-electron chi connectivity index (χ2n) is 4.34. The van der Waals surface area contributed by atoms with E-state index in [1.54, 1.807) is 21.3 Å². The van der Waals surface area contributed by atoms with Crippen LogP contribution in [0.4, 0.5) is 0 Å². The first-order chi connectivity index (χ1) is 10.2. The van der Waals surface area contributed by atoms with Crippen molar-refractivity contribution in [2.24, 2.45) is 0 Å². The molecule has 3 nitrogen and oxygen atoms in total. The van der Waals surface area contributed by atoms with Crippen LogP contribution < -0.4 is 14.2 Å². The van der Waals surface area contributed by atoms with E-state index in [2.05, 4.69) is 15.9 Å². The summed E-state index contributed by atoms with van der Waals surface area (Å²) in [5.74, 6) is 2.24. The van der Waals surface area contributed by atoms with E-state index >= 15 is 0 Å². The van der Waals surface area contributed by atoms with Crippen molar-refractivity contribution in [1.29, 1.82) is 0 Å². The van der Waals surface area contributed by atoms with Crippen LogP contribution in [0.2, 0.25) is 0 Å². The minimum Gasteiger partial charge on any atom is -0.497 e. The molecule has 0 saturated carbocycles. The van der Waals surface area contributed by atoms with Gasteiger partial charge in [0.05, 0.1) is 25.8 Å². The topological polar surface area (TPSA) is 27.7 Å². The van der Waals surface area contributed by atoms with E-state index in [1.807, 2.05) is 48.6 Å². The van der Waals surface area contributed by atoms with E-state index in [-0.39, 0.29) is 37.7 Å². The number of ether oxygens (including phenoxy) is 3. The molecule has 2 rings (SSSR count). The van der Waals surface area contributed by atoms with Crippen LogP contribution in [-0.4, -0.2) is 59.1 Å². The standard InChI is InChI=1S/C17H17BrO3.Ca/c1-19-14-8-6-12(7-9-14)4-5-13-10-15(18)17(21-3)16(11-13)20-2;/h4-11H,1-3H3;/b5-4-;. The zero-order valence-corrected chi connectivity index (χ0v) is 16.7. The van der Waals surface area contributed by atoms with Crippen LogP contribution in [-0.2, 0) is 0 Å². The fourth-order valence-electron chi connectivity index (χ4n) is 1.94. The number of rotatable bonds is 5. The fraction of sp³-hybridized carbons (Fsp3) is 0.176. The van der Waals surface area contributed by atoms with Gasteiger partial charge in [0, 0.05) is 37.7 Å². The number of methoxy groups -OCH3 is 3. The zero-order chi connectivity index (χ0) is 15.2. The van der Waals surface area contributed by atoms with Gasteiger partial charge in [-0.25, -0.2) is 0 Å². The van der Waals surface area contributed by atoms with Crippen molar-refractivity contribution in [3.63, 3.8) is 0 Å². The average molecular weight is 389 g/mol. The molecule has 2 radical (unpaired) electrons. The van der Waals surface area contributed by atoms with E-state index in [9.17, 15) is 0 Å². The summed E-state index contributed by atoms with van der Waals surface area (Å²) in [4.78, 5) is 0. The second-order valence-corrected chi connectivity index (χ2v) is 5.20. The maximum atomic E-state index is 5.33. The summed E-state index contributed by atoms with van der Waals surface area (Å²) >= 11 is 3.49. The Balaban J connectivity index is 0.00000242. The van der Waals surface area contributed by atoms with Gasteiger partial charge in [-0.1, -0.05) is 24.3 Å². The molecule has 0 heterocycles. The molecule has 0 N–H and O–H groups in total. The monoisotopic (exact) mass is 388 g/mol. The van der Waals surface area contributed by atoms with Gasteiger partial charge in [-0.05, 0) is 51.3 Å². The molecule has 0 aromatic heterocycles. The Hall–Kier alpha value is -0.680. The first-order valence-corrected chi connectivity index (χ1v) is 7.21. The number of hydrogen-bond acceptors (Lipinski definition) is 3. The van der Waals surface area contributed by atoms with Crippen molar-refractivity contribution in [3.8, 4) is 17.2 Å². The first-order valence-electron chi connectivity index (χ1n) is 6.41. The number of halogens is 1. The maximum absolute atomic E-state index is 5.33. The average Bonchev–Trinajstić information content (AvgIpc) is 2.52. The molecular formula is C17H17BrCaO3. The molecule has 0 amide bonds. The molecule has 5 heteroatoms. The Morgan fingerprint density at radius 1 is 0.818 bits per heavy atom. The summed E-state index contributed by atoms with van der Waals surface area (Å²) in [6, 6.07) is 11.8. The molecule has 2 aromatic rings. The van der Waals surface area contributed by atoms with Crippen molar-refractivity contribution >= 4 is 65.8 Å². The van der Waals surface area contributed by atoms with Gasteiger partial charge in [-0.15, -0.1) is 0 Å². The van der Waals surface area contributed by atoms with Gasteiger partial charge >= 0.3 is 0 Å². The van der Waals surface area contributed by atoms with Crippen LogP contribution in [0.15, 0.2) is 40.9 Å². The fourth-order valence-corrected chi connectivity index (χ4v) is 2.56. The Morgan fingerprint density at radius 3 is 2.00 bits per heavy atom. The molecule has 0 unspecified atom stereocenters.